The SMILES string of the molecule is NC(Cc1cc(O)c(O)c(S(=O)(=O)c2ccccc2)c1)C(=O)O. The minimum atomic E-state index is -4.07. The van der Waals surface area contributed by atoms with Gasteiger partial charge in [-0.15, -0.1) is 0 Å². The van der Waals surface area contributed by atoms with E-state index in [0.29, 0.717) is 0 Å². The van der Waals surface area contributed by atoms with Crippen LogP contribution in [0.4, 0.5) is 0 Å². The van der Waals surface area contributed by atoms with Crippen molar-refractivity contribution in [3.05, 3.63) is 48.0 Å². The minimum absolute atomic E-state index is 0.0608. The smallest absolute Gasteiger partial charge is 0.320 e. The number of carbonyl (C=O) groups is 1. The summed E-state index contributed by atoms with van der Waals surface area (Å²) in [6, 6.07) is 8.32. The Kier molecular flexibility index (Phi) is 4.57. The topological polar surface area (TPSA) is 138 Å². The molecule has 2 aromatic carbocycles. The van der Waals surface area contributed by atoms with Gasteiger partial charge in [-0.25, -0.2) is 8.42 Å². The largest absolute Gasteiger partial charge is 0.504 e. The molecule has 0 fully saturated rings. The summed E-state index contributed by atoms with van der Waals surface area (Å²) in [5, 5.41) is 28.4. The average Bonchev–Trinajstić information content (AvgIpc) is 2.51. The molecule has 0 heterocycles. The summed E-state index contributed by atoms with van der Waals surface area (Å²) in [6.07, 6.45) is -0.194. The van der Waals surface area contributed by atoms with Crippen LogP contribution >= 0.6 is 0 Å². The van der Waals surface area contributed by atoms with E-state index < -0.39 is 38.2 Å². The number of phenolic OH excluding ortho intramolecular Hbond substituents is 2. The number of carboxylic acid groups (broad SMARTS) is 1. The minimum Gasteiger partial charge on any atom is -0.504 e. The number of aromatic hydroxyl groups is 2. The first-order valence-corrected chi connectivity index (χ1v) is 8.05. The van der Waals surface area contributed by atoms with E-state index in [2.05, 4.69) is 0 Å². The molecule has 0 spiro atoms. The van der Waals surface area contributed by atoms with Crippen LogP contribution in [-0.2, 0) is 21.1 Å². The Morgan fingerprint density at radius 3 is 2.30 bits per heavy atom. The highest BCUT2D eigenvalue weighted by Gasteiger charge is 2.25. The maximum Gasteiger partial charge on any atom is 0.320 e. The number of benzene rings is 2. The molecule has 2 aromatic rings. The van der Waals surface area contributed by atoms with Gasteiger partial charge in [0.05, 0.1) is 4.90 Å². The number of carboxylic acids is 1. The van der Waals surface area contributed by atoms with E-state index in [1.54, 1.807) is 6.07 Å². The lowest BCUT2D eigenvalue weighted by Gasteiger charge is -2.12. The Labute approximate surface area is 132 Å². The Balaban J connectivity index is 2.54. The van der Waals surface area contributed by atoms with Crippen LogP contribution in [0.2, 0.25) is 0 Å². The van der Waals surface area contributed by atoms with Crippen LogP contribution in [0.5, 0.6) is 11.5 Å². The van der Waals surface area contributed by atoms with Gasteiger partial charge in [0.1, 0.15) is 10.9 Å². The van der Waals surface area contributed by atoms with E-state index in [-0.39, 0.29) is 16.9 Å². The first-order chi connectivity index (χ1) is 10.7. The number of aliphatic carboxylic acids is 1. The maximum absolute atomic E-state index is 12.6. The van der Waals surface area contributed by atoms with Crippen molar-refractivity contribution < 1.29 is 28.5 Å². The lowest BCUT2D eigenvalue weighted by Crippen LogP contribution is -2.32. The number of hydrogen-bond acceptors (Lipinski definition) is 6. The number of rotatable bonds is 5. The summed E-state index contributed by atoms with van der Waals surface area (Å²) in [5.74, 6) is -2.71. The van der Waals surface area contributed by atoms with E-state index in [1.165, 1.54) is 24.3 Å². The number of phenols is 2. The van der Waals surface area contributed by atoms with Gasteiger partial charge in [-0.3, -0.25) is 4.79 Å². The maximum atomic E-state index is 12.6. The van der Waals surface area contributed by atoms with Crippen molar-refractivity contribution >= 4 is 15.8 Å². The van der Waals surface area contributed by atoms with Gasteiger partial charge in [0.2, 0.25) is 9.84 Å². The third-order valence-electron chi connectivity index (χ3n) is 3.23. The number of hydrogen-bond donors (Lipinski definition) is 4. The second-order valence-corrected chi connectivity index (χ2v) is 6.85. The van der Waals surface area contributed by atoms with Crippen molar-refractivity contribution in [3.8, 4) is 11.5 Å². The van der Waals surface area contributed by atoms with Gasteiger partial charge in [-0.05, 0) is 36.2 Å². The van der Waals surface area contributed by atoms with Gasteiger partial charge in [-0.1, -0.05) is 18.2 Å². The molecule has 2 rings (SSSR count). The molecule has 0 aliphatic rings. The lowest BCUT2D eigenvalue weighted by atomic mass is 10.1. The van der Waals surface area contributed by atoms with Crippen molar-refractivity contribution in [1.82, 2.24) is 0 Å². The summed E-state index contributed by atoms with van der Waals surface area (Å²) < 4.78 is 25.1. The fraction of sp³-hybridized carbons (Fsp3) is 0.133. The lowest BCUT2D eigenvalue weighted by molar-refractivity contribution is -0.138. The molecule has 0 bridgehead atoms. The second kappa shape index (κ2) is 6.27. The fourth-order valence-corrected chi connectivity index (χ4v) is 3.47. The van der Waals surface area contributed by atoms with E-state index in [1.807, 2.05) is 0 Å². The highest BCUT2D eigenvalue weighted by molar-refractivity contribution is 7.91. The summed E-state index contributed by atoms with van der Waals surface area (Å²) in [6.45, 7) is 0. The third kappa shape index (κ3) is 3.43. The molecular weight excluding hydrogens is 322 g/mol. The monoisotopic (exact) mass is 337 g/mol. The van der Waals surface area contributed by atoms with Crippen molar-refractivity contribution in [2.45, 2.75) is 22.3 Å². The van der Waals surface area contributed by atoms with Gasteiger partial charge in [-0.2, -0.15) is 0 Å². The predicted octanol–water partition coefficient (Wildman–Crippen LogP) is 0.885. The van der Waals surface area contributed by atoms with Crippen molar-refractivity contribution in [2.75, 3.05) is 0 Å². The fourth-order valence-electron chi connectivity index (χ4n) is 2.04. The Bertz CT molecular complexity index is 833. The molecule has 5 N–H and O–H groups in total. The quantitative estimate of drug-likeness (QED) is 0.594. The van der Waals surface area contributed by atoms with Gasteiger partial charge in [0.25, 0.3) is 0 Å². The molecule has 23 heavy (non-hydrogen) atoms. The molecule has 0 aliphatic carbocycles. The van der Waals surface area contributed by atoms with Gasteiger partial charge < -0.3 is 21.1 Å². The summed E-state index contributed by atoms with van der Waals surface area (Å²) in [5.41, 5.74) is 5.60. The zero-order valence-electron chi connectivity index (χ0n) is 11.9. The molecule has 7 nitrogen and oxygen atoms in total. The van der Waals surface area contributed by atoms with Gasteiger partial charge in [0, 0.05) is 0 Å². The first kappa shape index (κ1) is 16.8. The van der Waals surface area contributed by atoms with Gasteiger partial charge >= 0.3 is 5.97 Å². The zero-order chi connectivity index (χ0) is 17.2. The summed E-state index contributed by atoms with van der Waals surface area (Å²) in [7, 11) is -4.07. The van der Waals surface area contributed by atoms with E-state index in [4.69, 9.17) is 10.8 Å². The van der Waals surface area contributed by atoms with E-state index in [9.17, 15) is 23.4 Å². The molecule has 0 saturated heterocycles. The second-order valence-electron chi connectivity index (χ2n) is 4.93. The number of sulfone groups is 1. The Morgan fingerprint density at radius 2 is 1.74 bits per heavy atom. The van der Waals surface area contributed by atoms with E-state index >= 15 is 0 Å². The van der Waals surface area contributed by atoms with Crippen LogP contribution < -0.4 is 5.73 Å². The molecule has 0 amide bonds. The van der Waals surface area contributed by atoms with Crippen LogP contribution in [0.1, 0.15) is 5.56 Å². The average molecular weight is 337 g/mol. The Hall–Kier alpha value is -2.58. The molecule has 1 unspecified atom stereocenters. The summed E-state index contributed by atoms with van der Waals surface area (Å²) in [4.78, 5) is 10.2. The first-order valence-electron chi connectivity index (χ1n) is 6.57. The molecule has 0 aromatic heterocycles. The number of nitrogens with two attached hydrogens (primary N) is 1. The van der Waals surface area contributed by atoms with Crippen LogP contribution in [0.15, 0.2) is 52.3 Å². The third-order valence-corrected chi connectivity index (χ3v) is 5.01. The Morgan fingerprint density at radius 1 is 1.13 bits per heavy atom. The van der Waals surface area contributed by atoms with Crippen LogP contribution in [0.25, 0.3) is 0 Å². The molecule has 0 aliphatic heterocycles. The van der Waals surface area contributed by atoms with Crippen LogP contribution in [0, 0.1) is 0 Å². The molecule has 8 heteroatoms. The predicted molar refractivity (Wildman–Crippen MR) is 81.0 cm³/mol. The summed E-state index contributed by atoms with van der Waals surface area (Å²) >= 11 is 0. The molecule has 1 atom stereocenters. The highest BCUT2D eigenvalue weighted by atomic mass is 32.2. The standard InChI is InChI=1S/C15H15NO6S/c16-11(15(19)20)6-9-7-12(17)14(18)13(8-9)23(21,22)10-4-2-1-3-5-10/h1-5,7-8,11,17-18H,6,16H2,(H,19,20). The van der Waals surface area contributed by atoms with E-state index in [0.717, 1.165) is 12.1 Å². The molecular formula is C15H15NO6S. The van der Waals surface area contributed by atoms with Crippen molar-refractivity contribution in [3.63, 3.8) is 0 Å². The zero-order valence-corrected chi connectivity index (χ0v) is 12.7. The normalized spacial score (nSPS) is 12.7. The van der Waals surface area contributed by atoms with Crippen LogP contribution in [0.3, 0.4) is 0 Å². The van der Waals surface area contributed by atoms with Crippen molar-refractivity contribution in [1.29, 1.82) is 0 Å². The molecule has 122 valence electrons. The highest BCUT2D eigenvalue weighted by Crippen LogP contribution is 2.36. The van der Waals surface area contributed by atoms with Crippen molar-refractivity contribution in [2.24, 2.45) is 5.73 Å². The van der Waals surface area contributed by atoms with Gasteiger partial charge in [0.15, 0.2) is 11.5 Å². The molecule has 0 radical (unpaired) electrons. The molecule has 0 saturated carbocycles. The van der Waals surface area contributed by atoms with Crippen LogP contribution in [-0.4, -0.2) is 35.7 Å².